The number of carbonyl (C=O) groups is 2. The fourth-order valence-electron chi connectivity index (χ4n) is 2.39. The predicted octanol–water partition coefficient (Wildman–Crippen LogP) is 5.40. The number of rotatable bonds is 7. The van der Waals surface area contributed by atoms with Crippen molar-refractivity contribution in [2.75, 3.05) is 6.61 Å². The van der Waals surface area contributed by atoms with Crippen molar-refractivity contribution in [1.29, 1.82) is 0 Å². The molecule has 0 bridgehead atoms. The SMILES string of the molecule is O=C(COc1ccc(Cl)cc1Cl)N/N=C/c1cccc(OC(=O)c2ccccc2Cl)c1. The van der Waals surface area contributed by atoms with Crippen LogP contribution in [0.2, 0.25) is 15.1 Å². The largest absolute Gasteiger partial charge is 0.482 e. The van der Waals surface area contributed by atoms with Gasteiger partial charge in [-0.15, -0.1) is 0 Å². The number of halogens is 3. The first-order chi connectivity index (χ1) is 14.9. The molecule has 0 aliphatic rings. The number of carbonyl (C=O) groups excluding carboxylic acids is 2. The van der Waals surface area contributed by atoms with E-state index in [1.165, 1.54) is 12.3 Å². The molecular weight excluding hydrogens is 463 g/mol. The molecule has 1 N–H and O–H groups in total. The van der Waals surface area contributed by atoms with Crippen LogP contribution in [-0.4, -0.2) is 24.7 Å². The maximum Gasteiger partial charge on any atom is 0.345 e. The Bertz CT molecular complexity index is 1140. The summed E-state index contributed by atoms with van der Waals surface area (Å²) in [5.74, 6) is -0.422. The van der Waals surface area contributed by atoms with Gasteiger partial charge in [0.15, 0.2) is 6.61 Å². The summed E-state index contributed by atoms with van der Waals surface area (Å²) < 4.78 is 10.7. The van der Waals surface area contributed by atoms with E-state index in [1.807, 2.05) is 0 Å². The summed E-state index contributed by atoms with van der Waals surface area (Å²) in [5.41, 5.74) is 3.20. The first-order valence-electron chi connectivity index (χ1n) is 8.89. The standard InChI is InChI=1S/C22H15Cl3N2O4/c23-15-8-9-20(19(25)11-15)30-13-21(28)27-26-12-14-4-3-5-16(10-14)31-22(29)17-6-1-2-7-18(17)24/h1-12H,13H2,(H,27,28)/b26-12+. The fraction of sp³-hybridized carbons (Fsp3) is 0.0455. The second-order valence-corrected chi connectivity index (χ2v) is 7.35. The Morgan fingerprint density at radius 2 is 1.74 bits per heavy atom. The second kappa shape index (κ2) is 10.8. The van der Waals surface area contributed by atoms with Gasteiger partial charge >= 0.3 is 5.97 Å². The molecule has 3 aromatic rings. The van der Waals surface area contributed by atoms with Crippen LogP contribution in [0.1, 0.15) is 15.9 Å². The smallest absolute Gasteiger partial charge is 0.345 e. The molecule has 9 heteroatoms. The van der Waals surface area contributed by atoms with Crippen LogP contribution in [0.25, 0.3) is 0 Å². The summed E-state index contributed by atoms with van der Waals surface area (Å²) in [5, 5.41) is 4.93. The molecule has 3 rings (SSSR count). The van der Waals surface area contributed by atoms with Crippen LogP contribution in [0.15, 0.2) is 71.8 Å². The minimum Gasteiger partial charge on any atom is -0.482 e. The molecule has 1 amide bonds. The van der Waals surface area contributed by atoms with Gasteiger partial charge in [0.2, 0.25) is 0 Å². The molecule has 158 valence electrons. The third kappa shape index (κ3) is 6.72. The van der Waals surface area contributed by atoms with Gasteiger partial charge in [-0.3, -0.25) is 4.79 Å². The van der Waals surface area contributed by atoms with Gasteiger partial charge in [0, 0.05) is 5.02 Å². The molecular formula is C22H15Cl3N2O4. The number of amides is 1. The van der Waals surface area contributed by atoms with Crippen LogP contribution in [0.3, 0.4) is 0 Å². The number of esters is 1. The topological polar surface area (TPSA) is 77.0 Å². The first kappa shape index (κ1) is 22.6. The van der Waals surface area contributed by atoms with Crippen LogP contribution in [-0.2, 0) is 4.79 Å². The van der Waals surface area contributed by atoms with Crippen molar-refractivity contribution in [3.63, 3.8) is 0 Å². The Morgan fingerprint density at radius 3 is 2.52 bits per heavy atom. The van der Waals surface area contributed by atoms with Gasteiger partial charge in [0.1, 0.15) is 11.5 Å². The number of hydrogen-bond donors (Lipinski definition) is 1. The molecule has 6 nitrogen and oxygen atoms in total. The lowest BCUT2D eigenvalue weighted by molar-refractivity contribution is -0.123. The first-order valence-corrected chi connectivity index (χ1v) is 10.0. The highest BCUT2D eigenvalue weighted by molar-refractivity contribution is 6.35. The normalized spacial score (nSPS) is 10.7. The van der Waals surface area contributed by atoms with Crippen molar-refractivity contribution in [1.82, 2.24) is 5.43 Å². The maximum atomic E-state index is 12.3. The second-order valence-electron chi connectivity index (χ2n) is 6.10. The van der Waals surface area contributed by atoms with Gasteiger partial charge in [0.25, 0.3) is 5.91 Å². The van der Waals surface area contributed by atoms with E-state index in [-0.39, 0.29) is 12.2 Å². The minimum absolute atomic E-state index is 0.260. The molecule has 0 saturated heterocycles. The average molecular weight is 478 g/mol. The molecule has 0 radical (unpaired) electrons. The summed E-state index contributed by atoms with van der Waals surface area (Å²) in [4.78, 5) is 24.1. The van der Waals surface area contributed by atoms with Crippen LogP contribution in [0.5, 0.6) is 11.5 Å². The number of ether oxygens (including phenoxy) is 2. The number of benzene rings is 3. The van der Waals surface area contributed by atoms with Gasteiger partial charge in [-0.1, -0.05) is 59.1 Å². The fourth-order valence-corrected chi connectivity index (χ4v) is 3.07. The summed E-state index contributed by atoms with van der Waals surface area (Å²) in [6, 6.07) is 17.9. The summed E-state index contributed by atoms with van der Waals surface area (Å²) in [6.07, 6.45) is 1.40. The molecule has 0 spiro atoms. The Kier molecular flexibility index (Phi) is 7.89. The zero-order valence-corrected chi connectivity index (χ0v) is 18.1. The Morgan fingerprint density at radius 1 is 0.935 bits per heavy atom. The van der Waals surface area contributed by atoms with E-state index in [1.54, 1.807) is 60.7 Å². The van der Waals surface area contributed by atoms with E-state index in [4.69, 9.17) is 44.3 Å². The molecule has 0 saturated carbocycles. The average Bonchev–Trinajstić information content (AvgIpc) is 2.73. The Balaban J connectivity index is 1.53. The number of hydrogen-bond acceptors (Lipinski definition) is 5. The highest BCUT2D eigenvalue weighted by Crippen LogP contribution is 2.27. The molecule has 0 atom stereocenters. The highest BCUT2D eigenvalue weighted by Gasteiger charge is 2.12. The Labute approximate surface area is 193 Å². The summed E-state index contributed by atoms with van der Waals surface area (Å²) >= 11 is 17.8. The van der Waals surface area contributed by atoms with Crippen LogP contribution >= 0.6 is 34.8 Å². The molecule has 0 unspecified atom stereocenters. The molecule has 0 aliphatic carbocycles. The van der Waals surface area contributed by atoms with E-state index >= 15 is 0 Å². The number of nitrogens with one attached hydrogen (secondary N) is 1. The van der Waals surface area contributed by atoms with Crippen molar-refractivity contribution < 1.29 is 19.1 Å². The van der Waals surface area contributed by atoms with Crippen LogP contribution in [0, 0.1) is 0 Å². The molecule has 31 heavy (non-hydrogen) atoms. The quantitative estimate of drug-likeness (QED) is 0.214. The lowest BCUT2D eigenvalue weighted by atomic mass is 10.2. The van der Waals surface area contributed by atoms with Gasteiger partial charge in [-0.05, 0) is 48.0 Å². The van der Waals surface area contributed by atoms with Gasteiger partial charge in [-0.2, -0.15) is 5.10 Å². The lowest BCUT2D eigenvalue weighted by Gasteiger charge is -2.07. The van der Waals surface area contributed by atoms with E-state index in [9.17, 15) is 9.59 Å². The van der Waals surface area contributed by atoms with Crippen molar-refractivity contribution in [2.24, 2.45) is 5.10 Å². The number of hydrazone groups is 1. The minimum atomic E-state index is -0.578. The van der Waals surface area contributed by atoms with Crippen molar-refractivity contribution >= 4 is 52.9 Å². The van der Waals surface area contributed by atoms with E-state index in [2.05, 4.69) is 10.5 Å². The molecule has 0 fully saturated rings. The van der Waals surface area contributed by atoms with Crippen molar-refractivity contribution in [2.45, 2.75) is 0 Å². The van der Waals surface area contributed by atoms with E-state index < -0.39 is 11.9 Å². The van der Waals surface area contributed by atoms with Crippen molar-refractivity contribution in [3.8, 4) is 11.5 Å². The van der Waals surface area contributed by atoms with Gasteiger partial charge in [-0.25, -0.2) is 10.2 Å². The van der Waals surface area contributed by atoms with Crippen molar-refractivity contribution in [3.05, 3.63) is 92.9 Å². The van der Waals surface area contributed by atoms with Crippen LogP contribution in [0.4, 0.5) is 0 Å². The summed E-state index contributed by atoms with van der Waals surface area (Å²) in [7, 11) is 0. The Hall–Kier alpha value is -3.06. The third-order valence-corrected chi connectivity index (χ3v) is 4.68. The van der Waals surface area contributed by atoms with E-state index in [0.29, 0.717) is 32.1 Å². The molecule has 3 aromatic carbocycles. The zero-order valence-electron chi connectivity index (χ0n) is 15.8. The molecule has 0 aromatic heterocycles. The van der Waals surface area contributed by atoms with E-state index in [0.717, 1.165) is 0 Å². The summed E-state index contributed by atoms with van der Waals surface area (Å²) in [6.45, 7) is -0.284. The molecule has 0 heterocycles. The van der Waals surface area contributed by atoms with Gasteiger partial charge < -0.3 is 9.47 Å². The van der Waals surface area contributed by atoms with Crippen LogP contribution < -0.4 is 14.9 Å². The monoisotopic (exact) mass is 476 g/mol. The predicted molar refractivity (Wildman–Crippen MR) is 121 cm³/mol. The third-order valence-electron chi connectivity index (χ3n) is 3.82. The highest BCUT2D eigenvalue weighted by atomic mass is 35.5. The van der Waals surface area contributed by atoms with Gasteiger partial charge in [0.05, 0.1) is 21.8 Å². The maximum absolute atomic E-state index is 12.3. The zero-order chi connectivity index (χ0) is 22.2. The lowest BCUT2D eigenvalue weighted by Crippen LogP contribution is -2.24. The molecule has 0 aliphatic heterocycles. The number of nitrogens with zero attached hydrogens (tertiary/aromatic N) is 1.